The number of hydrogen-bond acceptors (Lipinski definition) is 3. The van der Waals surface area contributed by atoms with Crippen LogP contribution >= 0.6 is 12.6 Å². The molecular weight excluding hydrogens is 148 g/mol. The average Bonchev–Trinajstić information content (AvgIpc) is 1.61. The van der Waals surface area contributed by atoms with Crippen LogP contribution in [0.1, 0.15) is 6.92 Å². The van der Waals surface area contributed by atoms with Gasteiger partial charge in [0.1, 0.15) is 0 Å². The fourth-order valence-electron chi connectivity index (χ4n) is 0.157. The minimum absolute atomic E-state index is 0.00565. The van der Waals surface area contributed by atoms with Crippen molar-refractivity contribution in [2.75, 3.05) is 6.61 Å². The van der Waals surface area contributed by atoms with Gasteiger partial charge in [-0.25, -0.2) is 0 Å². The minimum Gasteiger partial charge on any atom is -0.284 e. The van der Waals surface area contributed by atoms with Crippen LogP contribution < -0.4 is 0 Å². The van der Waals surface area contributed by atoms with Gasteiger partial charge < -0.3 is 0 Å². The lowest BCUT2D eigenvalue weighted by Crippen LogP contribution is -2.05. The third-order valence-corrected chi connectivity index (χ3v) is 0.897. The standard InChI is InChI=1S/C3H8O3S2/c1-3(7)2-6-8(4)5/h3,7H,2H2,1H3,(H,4,5). The van der Waals surface area contributed by atoms with Gasteiger partial charge in [-0.05, 0) is 0 Å². The van der Waals surface area contributed by atoms with E-state index in [0.717, 1.165) is 0 Å². The highest BCUT2D eigenvalue weighted by Crippen LogP contribution is 1.93. The summed E-state index contributed by atoms with van der Waals surface area (Å²) in [6.07, 6.45) is 0. The van der Waals surface area contributed by atoms with E-state index in [1.165, 1.54) is 0 Å². The number of hydrogen-bond donors (Lipinski definition) is 2. The molecule has 0 rings (SSSR count). The first-order chi connectivity index (χ1) is 3.63. The van der Waals surface area contributed by atoms with E-state index in [4.69, 9.17) is 4.55 Å². The Balaban J connectivity index is 3.05. The van der Waals surface area contributed by atoms with E-state index in [-0.39, 0.29) is 11.9 Å². The van der Waals surface area contributed by atoms with E-state index in [2.05, 4.69) is 16.8 Å². The van der Waals surface area contributed by atoms with Gasteiger partial charge in [-0.3, -0.25) is 8.74 Å². The van der Waals surface area contributed by atoms with Crippen molar-refractivity contribution in [3.05, 3.63) is 0 Å². The van der Waals surface area contributed by atoms with Crippen LogP contribution in [0.5, 0.6) is 0 Å². The second-order valence-corrected chi connectivity index (χ2v) is 2.90. The van der Waals surface area contributed by atoms with E-state index < -0.39 is 11.4 Å². The molecular formula is C3H8O3S2. The van der Waals surface area contributed by atoms with Crippen LogP contribution in [-0.2, 0) is 15.5 Å². The molecule has 0 fully saturated rings. The van der Waals surface area contributed by atoms with Gasteiger partial charge in [0.15, 0.2) is 0 Å². The molecule has 0 bridgehead atoms. The molecule has 0 saturated heterocycles. The first-order valence-electron chi connectivity index (χ1n) is 2.05. The van der Waals surface area contributed by atoms with Crippen molar-refractivity contribution in [2.24, 2.45) is 0 Å². The quantitative estimate of drug-likeness (QED) is 0.461. The molecule has 0 heterocycles. The summed E-state index contributed by atoms with van der Waals surface area (Å²) in [5.74, 6) is 0. The van der Waals surface area contributed by atoms with Crippen molar-refractivity contribution in [3.8, 4) is 0 Å². The van der Waals surface area contributed by atoms with Gasteiger partial charge in [0.05, 0.1) is 6.61 Å². The highest BCUT2D eigenvalue weighted by molar-refractivity contribution is 7.81. The fraction of sp³-hybridized carbons (Fsp3) is 1.00. The molecule has 0 aromatic rings. The van der Waals surface area contributed by atoms with Crippen LogP contribution in [0.15, 0.2) is 0 Å². The molecule has 0 aliphatic heterocycles. The molecule has 0 aliphatic rings. The molecule has 0 aromatic carbocycles. The van der Waals surface area contributed by atoms with E-state index in [9.17, 15) is 4.21 Å². The molecule has 8 heavy (non-hydrogen) atoms. The molecule has 3 nitrogen and oxygen atoms in total. The molecule has 50 valence electrons. The minimum atomic E-state index is -2.14. The molecule has 1 N–H and O–H groups in total. The third-order valence-electron chi connectivity index (χ3n) is 0.410. The zero-order valence-electron chi connectivity index (χ0n) is 4.40. The Hall–Kier alpha value is 0.420. The molecule has 0 radical (unpaired) electrons. The monoisotopic (exact) mass is 156 g/mol. The van der Waals surface area contributed by atoms with Gasteiger partial charge in [0.25, 0.3) is 0 Å². The predicted molar refractivity (Wildman–Crippen MR) is 35.2 cm³/mol. The summed E-state index contributed by atoms with van der Waals surface area (Å²) in [4.78, 5) is 0. The molecule has 0 spiro atoms. The zero-order chi connectivity index (χ0) is 6.57. The van der Waals surface area contributed by atoms with Gasteiger partial charge in [-0.2, -0.15) is 16.8 Å². The molecule has 2 unspecified atom stereocenters. The Morgan fingerprint density at radius 3 is 2.62 bits per heavy atom. The Kier molecular flexibility index (Phi) is 4.54. The number of thiol groups is 1. The van der Waals surface area contributed by atoms with Crippen LogP contribution in [0.4, 0.5) is 0 Å². The summed E-state index contributed by atoms with van der Waals surface area (Å²) in [5, 5.41) is 0.00565. The van der Waals surface area contributed by atoms with E-state index >= 15 is 0 Å². The van der Waals surface area contributed by atoms with Gasteiger partial charge in [-0.15, -0.1) is 0 Å². The fourth-order valence-corrected chi connectivity index (χ4v) is 0.653. The second kappa shape index (κ2) is 4.31. The van der Waals surface area contributed by atoms with Crippen LogP contribution in [-0.4, -0.2) is 20.6 Å². The van der Waals surface area contributed by atoms with Crippen molar-refractivity contribution in [1.82, 2.24) is 0 Å². The molecule has 5 heteroatoms. The molecule has 0 amide bonds. The Bertz CT molecular complexity index is 82.6. The summed E-state index contributed by atoms with van der Waals surface area (Å²) in [6.45, 7) is 1.97. The largest absolute Gasteiger partial charge is 0.301 e. The molecule has 0 aliphatic carbocycles. The van der Waals surface area contributed by atoms with Crippen LogP contribution in [0.25, 0.3) is 0 Å². The molecule has 2 atom stereocenters. The highest BCUT2D eigenvalue weighted by atomic mass is 32.2. The summed E-state index contributed by atoms with van der Waals surface area (Å²) < 4.78 is 22.0. The predicted octanol–water partition coefficient (Wildman–Crippen LogP) is 0.458. The lowest BCUT2D eigenvalue weighted by atomic mass is 10.5. The third kappa shape index (κ3) is 6.42. The van der Waals surface area contributed by atoms with Gasteiger partial charge >= 0.3 is 11.4 Å². The second-order valence-electron chi connectivity index (χ2n) is 1.35. The maximum atomic E-state index is 9.76. The van der Waals surface area contributed by atoms with Crippen molar-refractivity contribution < 1.29 is 12.9 Å². The van der Waals surface area contributed by atoms with Crippen LogP contribution in [0.2, 0.25) is 0 Å². The topological polar surface area (TPSA) is 46.5 Å². The van der Waals surface area contributed by atoms with Crippen molar-refractivity contribution in [3.63, 3.8) is 0 Å². The Morgan fingerprint density at radius 2 is 2.50 bits per heavy atom. The lowest BCUT2D eigenvalue weighted by Gasteiger charge is -1.98. The lowest BCUT2D eigenvalue weighted by molar-refractivity contribution is 0.311. The number of rotatable bonds is 3. The summed E-state index contributed by atoms with van der Waals surface area (Å²) in [5.41, 5.74) is 0. The van der Waals surface area contributed by atoms with Crippen LogP contribution in [0, 0.1) is 0 Å². The van der Waals surface area contributed by atoms with Crippen LogP contribution in [0.3, 0.4) is 0 Å². The zero-order valence-corrected chi connectivity index (χ0v) is 6.11. The maximum absolute atomic E-state index is 9.76. The molecule has 0 aromatic heterocycles. The first-order valence-corrected chi connectivity index (χ1v) is 3.60. The van der Waals surface area contributed by atoms with E-state index in [0.29, 0.717) is 0 Å². The van der Waals surface area contributed by atoms with Crippen molar-refractivity contribution in [2.45, 2.75) is 12.2 Å². The smallest absolute Gasteiger partial charge is 0.284 e. The van der Waals surface area contributed by atoms with Gasteiger partial charge in [0.2, 0.25) is 0 Å². The summed E-state index contributed by atoms with van der Waals surface area (Å²) in [7, 11) is 0. The van der Waals surface area contributed by atoms with E-state index in [1.807, 2.05) is 0 Å². The highest BCUT2D eigenvalue weighted by Gasteiger charge is 1.96. The average molecular weight is 156 g/mol. The van der Waals surface area contributed by atoms with E-state index in [1.54, 1.807) is 6.92 Å². The Labute approximate surface area is 56.3 Å². The Morgan fingerprint density at radius 1 is 2.00 bits per heavy atom. The maximum Gasteiger partial charge on any atom is 0.301 e. The first kappa shape index (κ1) is 8.42. The summed E-state index contributed by atoms with van der Waals surface area (Å²) in [6, 6.07) is 0. The van der Waals surface area contributed by atoms with Crippen molar-refractivity contribution >= 4 is 24.0 Å². The SMILES string of the molecule is CC(S)COS(=O)O. The van der Waals surface area contributed by atoms with Gasteiger partial charge in [-0.1, -0.05) is 6.92 Å². The van der Waals surface area contributed by atoms with Crippen molar-refractivity contribution in [1.29, 1.82) is 0 Å². The molecule has 0 saturated carbocycles. The summed E-state index contributed by atoms with van der Waals surface area (Å²) >= 11 is 1.77. The van der Waals surface area contributed by atoms with Gasteiger partial charge in [0, 0.05) is 5.25 Å². The normalized spacial score (nSPS) is 17.9.